The molecule has 4 rings (SSSR count). The highest BCUT2D eigenvalue weighted by atomic mass is 16.2. The van der Waals surface area contributed by atoms with E-state index in [2.05, 4.69) is 25.2 Å². The number of H-pyrrole nitrogens is 1. The summed E-state index contributed by atoms with van der Waals surface area (Å²) >= 11 is 0. The molecule has 1 aliphatic rings. The van der Waals surface area contributed by atoms with Crippen LogP contribution >= 0.6 is 0 Å². The molecule has 1 fully saturated rings. The van der Waals surface area contributed by atoms with Gasteiger partial charge in [-0.05, 0) is 12.1 Å². The molecule has 3 heterocycles. The second-order valence-corrected chi connectivity index (χ2v) is 6.91. The summed E-state index contributed by atoms with van der Waals surface area (Å²) in [7, 11) is 1.98. The molecule has 0 aliphatic carbocycles. The van der Waals surface area contributed by atoms with Crippen LogP contribution in [-0.2, 0) is 20.1 Å². The van der Waals surface area contributed by atoms with E-state index in [1.807, 2.05) is 23.9 Å². The van der Waals surface area contributed by atoms with Gasteiger partial charge in [-0.3, -0.25) is 9.69 Å². The third-order valence-corrected chi connectivity index (χ3v) is 5.01. The lowest BCUT2D eigenvalue weighted by molar-refractivity contribution is 0.132. The molecule has 0 radical (unpaired) electrons. The number of imidazole rings is 1. The van der Waals surface area contributed by atoms with Crippen LogP contribution in [-0.4, -0.2) is 61.5 Å². The van der Waals surface area contributed by atoms with Crippen molar-refractivity contribution in [3.8, 4) is 0 Å². The predicted molar refractivity (Wildman–Crippen MR) is 105 cm³/mol. The number of carbonyl (C=O) groups excluding carboxylic acids is 1. The zero-order valence-electron chi connectivity index (χ0n) is 15.8. The van der Waals surface area contributed by atoms with Gasteiger partial charge in [-0.25, -0.2) is 14.8 Å². The van der Waals surface area contributed by atoms with E-state index in [1.165, 1.54) is 0 Å². The second-order valence-electron chi connectivity index (χ2n) is 6.91. The van der Waals surface area contributed by atoms with Crippen LogP contribution in [0.2, 0.25) is 0 Å². The van der Waals surface area contributed by atoms with Crippen LogP contribution in [0, 0.1) is 0 Å². The van der Waals surface area contributed by atoms with Gasteiger partial charge < -0.3 is 19.8 Å². The van der Waals surface area contributed by atoms with Gasteiger partial charge in [0.25, 0.3) is 5.56 Å². The lowest BCUT2D eigenvalue weighted by atomic mass is 10.2. The molecule has 1 aliphatic heterocycles. The summed E-state index contributed by atoms with van der Waals surface area (Å²) in [5.41, 5.74) is 0.427. The molecule has 1 saturated heterocycles. The zero-order valence-corrected chi connectivity index (χ0v) is 15.8. The zero-order chi connectivity index (χ0) is 19.5. The molecule has 146 valence electrons. The number of fused-ring (bicyclic) bond motifs is 1. The van der Waals surface area contributed by atoms with Crippen molar-refractivity contribution in [2.24, 2.45) is 7.05 Å². The predicted octanol–water partition coefficient (Wildman–Crippen LogP) is 0.684. The number of rotatable bonds is 4. The van der Waals surface area contributed by atoms with E-state index in [-0.39, 0.29) is 18.1 Å². The highest BCUT2D eigenvalue weighted by Crippen LogP contribution is 2.08. The molecule has 9 heteroatoms. The van der Waals surface area contributed by atoms with E-state index in [0.717, 1.165) is 25.5 Å². The summed E-state index contributed by atoms with van der Waals surface area (Å²) in [5, 5.41) is 3.39. The minimum absolute atomic E-state index is 0.146. The van der Waals surface area contributed by atoms with Crippen molar-refractivity contribution in [1.82, 2.24) is 34.6 Å². The first-order valence-electron chi connectivity index (χ1n) is 9.29. The third-order valence-electron chi connectivity index (χ3n) is 5.01. The topological polar surface area (TPSA) is 99.2 Å². The van der Waals surface area contributed by atoms with Crippen LogP contribution in [0.25, 0.3) is 10.9 Å². The molecule has 1 aromatic carbocycles. The summed E-state index contributed by atoms with van der Waals surface area (Å²) in [6.45, 7) is 3.86. The van der Waals surface area contributed by atoms with Crippen molar-refractivity contribution < 1.29 is 4.79 Å². The summed E-state index contributed by atoms with van der Waals surface area (Å²) in [5.74, 6) is 1.47. The van der Waals surface area contributed by atoms with E-state index in [0.29, 0.717) is 29.8 Å². The summed E-state index contributed by atoms with van der Waals surface area (Å²) in [6, 6.07) is 7.01. The largest absolute Gasteiger partial charge is 0.337 e. The number of urea groups is 1. The minimum atomic E-state index is -0.197. The minimum Gasteiger partial charge on any atom is -0.337 e. The number of benzene rings is 1. The Morgan fingerprint density at radius 3 is 2.75 bits per heavy atom. The van der Waals surface area contributed by atoms with Crippen molar-refractivity contribution in [3.05, 3.63) is 58.7 Å². The van der Waals surface area contributed by atoms with Crippen LogP contribution in [0.5, 0.6) is 0 Å². The fourth-order valence-corrected chi connectivity index (χ4v) is 3.35. The number of para-hydroxylation sites is 1. The van der Waals surface area contributed by atoms with Crippen LogP contribution < -0.4 is 10.9 Å². The van der Waals surface area contributed by atoms with Crippen molar-refractivity contribution in [3.63, 3.8) is 0 Å². The van der Waals surface area contributed by atoms with Gasteiger partial charge in [-0.2, -0.15) is 0 Å². The number of hydrogen-bond acceptors (Lipinski definition) is 5. The van der Waals surface area contributed by atoms with Crippen LogP contribution in [0.4, 0.5) is 4.79 Å². The number of amides is 2. The lowest BCUT2D eigenvalue weighted by Gasteiger charge is -2.34. The fourth-order valence-electron chi connectivity index (χ4n) is 3.35. The average molecular weight is 381 g/mol. The van der Waals surface area contributed by atoms with Gasteiger partial charge in [-0.15, -0.1) is 0 Å². The number of nitrogens with one attached hydrogen (secondary N) is 2. The highest BCUT2D eigenvalue weighted by Gasteiger charge is 2.21. The number of aromatic amines is 1. The van der Waals surface area contributed by atoms with Gasteiger partial charge in [0.1, 0.15) is 11.6 Å². The number of aryl methyl sites for hydroxylation is 1. The molecule has 9 nitrogen and oxygen atoms in total. The lowest BCUT2D eigenvalue weighted by Crippen LogP contribution is -2.51. The van der Waals surface area contributed by atoms with Crippen LogP contribution in [0.3, 0.4) is 0 Å². The van der Waals surface area contributed by atoms with Gasteiger partial charge in [0.2, 0.25) is 0 Å². The number of hydrogen-bond donors (Lipinski definition) is 2. The Kier molecular flexibility index (Phi) is 5.07. The maximum atomic E-state index is 12.5. The van der Waals surface area contributed by atoms with E-state index >= 15 is 0 Å². The summed E-state index contributed by atoms with van der Waals surface area (Å²) in [6.07, 6.45) is 3.73. The Labute approximate surface area is 162 Å². The van der Waals surface area contributed by atoms with Crippen molar-refractivity contribution >= 4 is 16.9 Å². The van der Waals surface area contributed by atoms with Crippen molar-refractivity contribution in [2.75, 3.05) is 26.2 Å². The van der Waals surface area contributed by atoms with Crippen LogP contribution in [0.1, 0.15) is 11.6 Å². The fraction of sp³-hybridized carbons (Fsp3) is 0.368. The first kappa shape index (κ1) is 18.2. The molecular weight excluding hydrogens is 358 g/mol. The second kappa shape index (κ2) is 7.81. The Balaban J connectivity index is 1.30. The molecule has 0 spiro atoms. The quantitative estimate of drug-likeness (QED) is 0.693. The molecule has 0 unspecified atom stereocenters. The molecule has 2 N–H and O–H groups in total. The number of piperazine rings is 1. The molecule has 0 atom stereocenters. The number of carbonyl (C=O) groups is 1. The standard InChI is InChI=1S/C19H23N7O2/c1-24-7-6-20-17(24)13-25-8-10-26(11-9-25)19(28)21-12-16-22-15-5-3-2-4-14(15)18(27)23-16/h2-7H,8-13H2,1H3,(H,21,28)(H,22,23,27). The molecule has 2 aromatic heterocycles. The summed E-state index contributed by atoms with van der Waals surface area (Å²) < 4.78 is 2.01. The average Bonchev–Trinajstić information content (AvgIpc) is 3.11. The van der Waals surface area contributed by atoms with Crippen molar-refractivity contribution in [2.45, 2.75) is 13.1 Å². The van der Waals surface area contributed by atoms with E-state index in [1.54, 1.807) is 29.3 Å². The normalized spacial score (nSPS) is 15.1. The maximum Gasteiger partial charge on any atom is 0.317 e. The highest BCUT2D eigenvalue weighted by molar-refractivity contribution is 5.77. The Bertz CT molecular complexity index is 1030. The van der Waals surface area contributed by atoms with Gasteiger partial charge in [-0.1, -0.05) is 12.1 Å². The van der Waals surface area contributed by atoms with E-state index < -0.39 is 0 Å². The Morgan fingerprint density at radius 1 is 1.21 bits per heavy atom. The van der Waals surface area contributed by atoms with Crippen molar-refractivity contribution in [1.29, 1.82) is 0 Å². The molecule has 0 saturated carbocycles. The molecule has 2 amide bonds. The van der Waals surface area contributed by atoms with E-state index in [9.17, 15) is 9.59 Å². The molecule has 28 heavy (non-hydrogen) atoms. The van der Waals surface area contributed by atoms with Gasteiger partial charge in [0.15, 0.2) is 0 Å². The maximum absolute atomic E-state index is 12.5. The van der Waals surface area contributed by atoms with Gasteiger partial charge >= 0.3 is 6.03 Å². The van der Waals surface area contributed by atoms with Gasteiger partial charge in [0.05, 0.1) is 24.0 Å². The number of nitrogens with zero attached hydrogens (tertiary/aromatic N) is 5. The monoisotopic (exact) mass is 381 g/mol. The summed E-state index contributed by atoms with van der Waals surface area (Å²) in [4.78, 5) is 40.1. The first-order valence-corrected chi connectivity index (χ1v) is 9.29. The Hall–Kier alpha value is -3.20. The molecular formula is C19H23N7O2. The van der Waals surface area contributed by atoms with E-state index in [4.69, 9.17) is 0 Å². The van der Waals surface area contributed by atoms with Gasteiger partial charge in [0, 0.05) is 45.6 Å². The smallest absolute Gasteiger partial charge is 0.317 e. The molecule has 0 bridgehead atoms. The number of aromatic nitrogens is 4. The Morgan fingerprint density at radius 2 is 2.00 bits per heavy atom. The molecule has 3 aromatic rings. The third kappa shape index (κ3) is 3.89. The van der Waals surface area contributed by atoms with Crippen LogP contribution in [0.15, 0.2) is 41.5 Å². The first-order chi connectivity index (χ1) is 13.6. The SMILES string of the molecule is Cn1ccnc1CN1CCN(C(=O)NCc2nc3ccccc3c(=O)[nH]2)CC1.